The Balaban J connectivity index is 1.89. The van der Waals surface area contributed by atoms with Gasteiger partial charge in [0.2, 0.25) is 0 Å². The molecule has 6 heteroatoms. The summed E-state index contributed by atoms with van der Waals surface area (Å²) in [5, 5.41) is 1.87. The maximum atomic E-state index is 11.4. The van der Waals surface area contributed by atoms with Crippen LogP contribution < -0.4 is 11.3 Å². The van der Waals surface area contributed by atoms with Gasteiger partial charge in [-0.25, -0.2) is 5.84 Å². The van der Waals surface area contributed by atoms with Gasteiger partial charge in [0.25, 0.3) is 5.91 Å². The molecule has 3 N–H and O–H groups in total. The van der Waals surface area contributed by atoms with Crippen LogP contribution >= 0.6 is 11.3 Å². The molecule has 0 aromatic carbocycles. The molecule has 1 saturated heterocycles. The van der Waals surface area contributed by atoms with Gasteiger partial charge in [-0.2, -0.15) is 0 Å². The van der Waals surface area contributed by atoms with Crippen molar-refractivity contribution in [1.82, 2.24) is 5.43 Å². The Labute approximate surface area is 104 Å². The average molecular weight is 256 g/mol. The van der Waals surface area contributed by atoms with Crippen LogP contribution in [-0.2, 0) is 16.1 Å². The molecule has 5 nitrogen and oxygen atoms in total. The second kappa shape index (κ2) is 6.11. The fourth-order valence-electron chi connectivity index (χ4n) is 1.76. The number of hydrogen-bond donors (Lipinski definition) is 2. The van der Waals surface area contributed by atoms with Crippen LogP contribution in [0.2, 0.25) is 0 Å². The van der Waals surface area contributed by atoms with Gasteiger partial charge in [-0.15, -0.1) is 11.3 Å². The van der Waals surface area contributed by atoms with E-state index >= 15 is 0 Å². The Kier molecular flexibility index (Phi) is 4.49. The minimum absolute atomic E-state index is 0.234. The van der Waals surface area contributed by atoms with E-state index in [0.717, 1.165) is 31.6 Å². The monoisotopic (exact) mass is 256 g/mol. The third-order valence-corrected chi connectivity index (χ3v) is 3.68. The summed E-state index contributed by atoms with van der Waals surface area (Å²) in [6.45, 7) is 1.96. The molecule has 1 fully saturated rings. The van der Waals surface area contributed by atoms with Crippen LogP contribution in [0.5, 0.6) is 0 Å². The lowest BCUT2D eigenvalue weighted by Gasteiger charge is -2.22. The average Bonchev–Trinajstić information content (AvgIpc) is 2.85. The Morgan fingerprint density at radius 1 is 1.59 bits per heavy atom. The zero-order chi connectivity index (χ0) is 12.1. The Morgan fingerprint density at radius 2 is 2.35 bits per heavy atom. The van der Waals surface area contributed by atoms with Crippen molar-refractivity contribution >= 4 is 17.2 Å². The van der Waals surface area contributed by atoms with Crippen molar-refractivity contribution in [2.24, 2.45) is 5.84 Å². The molecule has 1 amide bonds. The van der Waals surface area contributed by atoms with E-state index in [1.54, 1.807) is 0 Å². The molecule has 0 bridgehead atoms. The van der Waals surface area contributed by atoms with Crippen LogP contribution in [0, 0.1) is 0 Å². The highest BCUT2D eigenvalue weighted by Gasteiger charge is 2.17. The number of hydrogen-bond acceptors (Lipinski definition) is 5. The topological polar surface area (TPSA) is 73.6 Å². The van der Waals surface area contributed by atoms with Gasteiger partial charge in [0.15, 0.2) is 0 Å². The van der Waals surface area contributed by atoms with Gasteiger partial charge >= 0.3 is 0 Å². The zero-order valence-electron chi connectivity index (χ0n) is 9.48. The summed E-state index contributed by atoms with van der Waals surface area (Å²) < 4.78 is 11.0. The summed E-state index contributed by atoms with van der Waals surface area (Å²) in [6.07, 6.45) is 2.07. The molecule has 0 spiro atoms. The van der Waals surface area contributed by atoms with Gasteiger partial charge in [0.1, 0.15) is 0 Å². The Bertz CT molecular complexity index is 375. The summed E-state index contributed by atoms with van der Waals surface area (Å²) in [5.41, 5.74) is 3.03. The predicted molar refractivity (Wildman–Crippen MR) is 64.6 cm³/mol. The number of nitrogen functional groups attached to an aromatic ring is 1. The molecule has 0 radical (unpaired) electrons. The zero-order valence-corrected chi connectivity index (χ0v) is 10.3. The Hall–Kier alpha value is -0.950. The standard InChI is InChI=1S/C11H16N2O3S/c12-13-11(14)10-8(3-6-17-10)7-16-9-1-4-15-5-2-9/h3,6,9H,1-2,4-5,7,12H2,(H,13,14). The normalized spacial score (nSPS) is 17.0. The summed E-state index contributed by atoms with van der Waals surface area (Å²) in [7, 11) is 0. The molecule has 2 heterocycles. The molecular weight excluding hydrogens is 240 g/mol. The number of carbonyl (C=O) groups excluding carboxylic acids is 1. The minimum atomic E-state index is -0.259. The number of ether oxygens (including phenoxy) is 2. The van der Waals surface area contributed by atoms with E-state index in [2.05, 4.69) is 5.43 Å². The number of thiophene rings is 1. The molecule has 0 atom stereocenters. The molecule has 1 aromatic heterocycles. The van der Waals surface area contributed by atoms with Crippen molar-refractivity contribution in [2.45, 2.75) is 25.6 Å². The second-order valence-electron chi connectivity index (χ2n) is 3.87. The molecule has 1 aromatic rings. The van der Waals surface area contributed by atoms with Crippen LogP contribution in [0.3, 0.4) is 0 Å². The third-order valence-electron chi connectivity index (χ3n) is 2.73. The maximum Gasteiger partial charge on any atom is 0.275 e. The molecule has 2 rings (SSSR count). The molecule has 17 heavy (non-hydrogen) atoms. The number of hydrazine groups is 1. The molecule has 0 aliphatic carbocycles. The van der Waals surface area contributed by atoms with Gasteiger partial charge < -0.3 is 9.47 Å². The molecule has 1 aliphatic rings. The van der Waals surface area contributed by atoms with Crippen LogP contribution in [-0.4, -0.2) is 25.2 Å². The fourth-order valence-corrected chi connectivity index (χ4v) is 2.58. The summed E-state index contributed by atoms with van der Waals surface area (Å²) in [6, 6.07) is 1.90. The molecular formula is C11H16N2O3S. The summed E-state index contributed by atoms with van der Waals surface area (Å²) in [5.74, 6) is 4.86. The first kappa shape index (κ1) is 12.5. The predicted octanol–water partition coefficient (Wildman–Crippen LogP) is 1.05. The number of nitrogens with one attached hydrogen (secondary N) is 1. The first-order valence-corrected chi connectivity index (χ1v) is 6.46. The lowest BCUT2D eigenvalue weighted by Crippen LogP contribution is -2.30. The molecule has 94 valence electrons. The number of carbonyl (C=O) groups is 1. The van der Waals surface area contributed by atoms with Gasteiger partial charge in [0, 0.05) is 18.8 Å². The first-order chi connectivity index (χ1) is 8.31. The fraction of sp³-hybridized carbons (Fsp3) is 0.545. The van der Waals surface area contributed by atoms with E-state index in [9.17, 15) is 4.79 Å². The summed E-state index contributed by atoms with van der Waals surface area (Å²) in [4.78, 5) is 12.1. The lowest BCUT2D eigenvalue weighted by atomic mass is 10.1. The maximum absolute atomic E-state index is 11.4. The van der Waals surface area contributed by atoms with Crippen LogP contribution in [0.15, 0.2) is 11.4 Å². The van der Waals surface area contributed by atoms with E-state index in [1.807, 2.05) is 11.4 Å². The van der Waals surface area contributed by atoms with Gasteiger partial charge in [-0.3, -0.25) is 10.2 Å². The van der Waals surface area contributed by atoms with E-state index in [4.69, 9.17) is 15.3 Å². The van der Waals surface area contributed by atoms with Crippen molar-refractivity contribution in [1.29, 1.82) is 0 Å². The molecule has 0 unspecified atom stereocenters. The van der Waals surface area contributed by atoms with E-state index in [1.165, 1.54) is 11.3 Å². The van der Waals surface area contributed by atoms with Gasteiger partial charge in [0.05, 0.1) is 17.6 Å². The van der Waals surface area contributed by atoms with Crippen molar-refractivity contribution in [3.63, 3.8) is 0 Å². The van der Waals surface area contributed by atoms with E-state index < -0.39 is 0 Å². The number of nitrogens with two attached hydrogens (primary N) is 1. The molecule has 0 saturated carbocycles. The highest BCUT2D eigenvalue weighted by atomic mass is 32.1. The summed E-state index contributed by atoms with van der Waals surface area (Å²) >= 11 is 1.37. The highest BCUT2D eigenvalue weighted by Crippen LogP contribution is 2.20. The van der Waals surface area contributed by atoms with E-state index in [0.29, 0.717) is 11.5 Å². The minimum Gasteiger partial charge on any atom is -0.381 e. The van der Waals surface area contributed by atoms with Crippen molar-refractivity contribution in [3.8, 4) is 0 Å². The van der Waals surface area contributed by atoms with Crippen LogP contribution in [0.1, 0.15) is 28.1 Å². The second-order valence-corrected chi connectivity index (χ2v) is 4.79. The highest BCUT2D eigenvalue weighted by molar-refractivity contribution is 7.12. The molecule has 1 aliphatic heterocycles. The van der Waals surface area contributed by atoms with Crippen molar-refractivity contribution in [3.05, 3.63) is 21.9 Å². The quantitative estimate of drug-likeness (QED) is 0.480. The smallest absolute Gasteiger partial charge is 0.275 e. The largest absolute Gasteiger partial charge is 0.381 e. The number of rotatable bonds is 4. The lowest BCUT2D eigenvalue weighted by molar-refractivity contribution is -0.0391. The number of amides is 1. The van der Waals surface area contributed by atoms with Crippen molar-refractivity contribution in [2.75, 3.05) is 13.2 Å². The third kappa shape index (κ3) is 3.26. The van der Waals surface area contributed by atoms with Crippen LogP contribution in [0.25, 0.3) is 0 Å². The SMILES string of the molecule is NNC(=O)c1sccc1COC1CCOCC1. The first-order valence-electron chi connectivity index (χ1n) is 5.58. The Morgan fingerprint density at radius 3 is 3.06 bits per heavy atom. The van der Waals surface area contributed by atoms with Gasteiger partial charge in [-0.05, 0) is 24.3 Å². The van der Waals surface area contributed by atoms with Crippen LogP contribution in [0.4, 0.5) is 0 Å². The van der Waals surface area contributed by atoms with E-state index in [-0.39, 0.29) is 12.0 Å². The van der Waals surface area contributed by atoms with Crippen molar-refractivity contribution < 1.29 is 14.3 Å². The van der Waals surface area contributed by atoms with Gasteiger partial charge in [-0.1, -0.05) is 0 Å².